The molecule has 9 heteroatoms. The van der Waals surface area contributed by atoms with Crippen LogP contribution in [0.15, 0.2) is 11.1 Å². The van der Waals surface area contributed by atoms with E-state index in [1.54, 1.807) is 16.3 Å². The number of fused-ring (bicyclic) bond motifs is 1. The van der Waals surface area contributed by atoms with Crippen molar-refractivity contribution in [2.45, 2.75) is 33.7 Å². The average molecular weight is 345 g/mol. The number of aryl methyl sites for hydroxylation is 2. The topological polar surface area (TPSA) is 90.9 Å². The molecule has 0 bridgehead atoms. The number of ketones is 1. The lowest BCUT2D eigenvalue weighted by Crippen LogP contribution is -2.63. The predicted octanol–water partition coefficient (Wildman–Crippen LogP) is 0.000140. The van der Waals surface area contributed by atoms with Crippen LogP contribution in [0.1, 0.15) is 25.2 Å². The van der Waals surface area contributed by atoms with Crippen LogP contribution < -0.4 is 0 Å². The minimum atomic E-state index is -0.731. The van der Waals surface area contributed by atoms with Gasteiger partial charge in [-0.15, -0.1) is 9.78 Å². The molecular formula is C16H21N6O3+. The number of amidine groups is 1. The third-order valence-corrected chi connectivity index (χ3v) is 4.31. The van der Waals surface area contributed by atoms with E-state index in [0.717, 1.165) is 16.3 Å². The first-order valence-electron chi connectivity index (χ1n) is 8.10. The van der Waals surface area contributed by atoms with E-state index in [1.807, 2.05) is 26.8 Å². The van der Waals surface area contributed by atoms with Crippen LogP contribution in [0.2, 0.25) is 0 Å². The monoisotopic (exact) mass is 345 g/mol. The Morgan fingerprint density at radius 1 is 1.32 bits per heavy atom. The van der Waals surface area contributed by atoms with E-state index in [4.69, 9.17) is 0 Å². The molecule has 2 aliphatic heterocycles. The number of aromatic nitrogens is 2. The highest BCUT2D eigenvalue weighted by Crippen LogP contribution is 2.21. The van der Waals surface area contributed by atoms with Gasteiger partial charge in [-0.25, -0.2) is 9.37 Å². The lowest BCUT2D eigenvalue weighted by atomic mass is 10.1. The van der Waals surface area contributed by atoms with E-state index < -0.39 is 18.0 Å². The highest BCUT2D eigenvalue weighted by molar-refractivity contribution is 6.23. The SMILES string of the molecule is CC[N+]1=C(n2nc(C)cc2C)N=C2C1C(=O)N(CC(C)=O)C(=O)N2C. The first kappa shape index (κ1) is 17.0. The van der Waals surface area contributed by atoms with Gasteiger partial charge in [0.15, 0.2) is 0 Å². The number of amides is 3. The number of carbonyl (C=O) groups excluding carboxylic acids is 3. The van der Waals surface area contributed by atoms with Gasteiger partial charge < -0.3 is 0 Å². The summed E-state index contributed by atoms with van der Waals surface area (Å²) in [5, 5.41) is 4.43. The van der Waals surface area contributed by atoms with Gasteiger partial charge in [-0.2, -0.15) is 0 Å². The molecule has 0 saturated carbocycles. The molecule has 9 nitrogen and oxygen atoms in total. The molecule has 132 valence electrons. The third kappa shape index (κ3) is 2.55. The van der Waals surface area contributed by atoms with Crippen molar-refractivity contribution in [1.29, 1.82) is 0 Å². The van der Waals surface area contributed by atoms with E-state index in [-0.39, 0.29) is 12.3 Å². The van der Waals surface area contributed by atoms with Gasteiger partial charge in [0.2, 0.25) is 11.9 Å². The molecule has 1 fully saturated rings. The van der Waals surface area contributed by atoms with Gasteiger partial charge in [0.05, 0.1) is 18.8 Å². The Balaban J connectivity index is 2.12. The summed E-state index contributed by atoms with van der Waals surface area (Å²) < 4.78 is 3.47. The molecule has 1 unspecified atom stereocenters. The van der Waals surface area contributed by atoms with Crippen LogP contribution in [0.4, 0.5) is 4.79 Å². The molecule has 1 saturated heterocycles. The number of imide groups is 1. The fourth-order valence-electron chi connectivity index (χ4n) is 3.20. The van der Waals surface area contributed by atoms with Crippen LogP contribution in [0.25, 0.3) is 0 Å². The maximum absolute atomic E-state index is 12.9. The minimum Gasteiger partial charge on any atom is -0.298 e. The second-order valence-electron chi connectivity index (χ2n) is 6.27. The summed E-state index contributed by atoms with van der Waals surface area (Å²) in [6.07, 6.45) is 0. The molecule has 0 aromatic carbocycles. The highest BCUT2D eigenvalue weighted by Gasteiger charge is 2.52. The van der Waals surface area contributed by atoms with Gasteiger partial charge in [0, 0.05) is 7.05 Å². The quantitative estimate of drug-likeness (QED) is 0.721. The standard InChI is InChI=1S/C16H21N6O3/c1-6-20-12-13(17-15(20)22-10(3)7-9(2)18-22)19(5)16(25)21(14(12)24)8-11(4)23/h7,12H,6,8H2,1-5H3/q+1. The molecule has 0 spiro atoms. The maximum atomic E-state index is 12.9. The summed E-state index contributed by atoms with van der Waals surface area (Å²) in [6.45, 7) is 7.31. The normalized spacial score (nSPS) is 20.4. The summed E-state index contributed by atoms with van der Waals surface area (Å²) in [6, 6.07) is 0.647. The van der Waals surface area contributed by atoms with E-state index >= 15 is 0 Å². The lowest BCUT2D eigenvalue weighted by molar-refractivity contribution is -0.534. The molecule has 0 aliphatic carbocycles. The number of hydrogen-bond donors (Lipinski definition) is 0. The van der Waals surface area contributed by atoms with Crippen molar-refractivity contribution in [3.63, 3.8) is 0 Å². The number of urea groups is 1. The van der Waals surface area contributed by atoms with Gasteiger partial charge in [0.1, 0.15) is 11.5 Å². The Kier molecular flexibility index (Phi) is 4.02. The zero-order valence-corrected chi connectivity index (χ0v) is 15.0. The van der Waals surface area contributed by atoms with Crippen molar-refractivity contribution in [3.8, 4) is 0 Å². The van der Waals surface area contributed by atoms with Crippen LogP contribution in [0.3, 0.4) is 0 Å². The van der Waals surface area contributed by atoms with Gasteiger partial charge in [-0.3, -0.25) is 19.4 Å². The van der Waals surface area contributed by atoms with Crippen molar-refractivity contribution >= 4 is 29.5 Å². The molecule has 2 aliphatic rings. The molecular weight excluding hydrogens is 324 g/mol. The zero-order chi connectivity index (χ0) is 18.5. The van der Waals surface area contributed by atoms with Crippen LogP contribution >= 0.6 is 0 Å². The Bertz CT molecular complexity index is 850. The van der Waals surface area contributed by atoms with Crippen molar-refractivity contribution in [3.05, 3.63) is 17.5 Å². The predicted molar refractivity (Wildman–Crippen MR) is 89.7 cm³/mol. The number of likely N-dealkylation sites (N-methyl/N-ethyl adjacent to an activating group) is 2. The summed E-state index contributed by atoms with van der Waals surface area (Å²) in [4.78, 5) is 43.7. The Morgan fingerprint density at radius 2 is 2.00 bits per heavy atom. The molecule has 0 radical (unpaired) electrons. The lowest BCUT2D eigenvalue weighted by Gasteiger charge is -2.33. The summed E-state index contributed by atoms with van der Waals surface area (Å²) >= 11 is 0. The van der Waals surface area contributed by atoms with Crippen LogP contribution in [0, 0.1) is 13.8 Å². The first-order chi connectivity index (χ1) is 11.8. The molecule has 0 N–H and O–H groups in total. The second kappa shape index (κ2) is 5.91. The number of hydrogen-bond acceptors (Lipinski definition) is 5. The number of aliphatic imine (C=N–C) groups is 1. The fourth-order valence-corrected chi connectivity index (χ4v) is 3.20. The summed E-state index contributed by atoms with van der Waals surface area (Å²) in [5.41, 5.74) is 1.72. The summed E-state index contributed by atoms with van der Waals surface area (Å²) in [5.74, 6) is 0.180. The molecule has 3 amide bonds. The largest absolute Gasteiger partial charge is 0.421 e. The Hall–Kier alpha value is -2.84. The van der Waals surface area contributed by atoms with Crippen molar-refractivity contribution in [1.82, 2.24) is 19.6 Å². The van der Waals surface area contributed by atoms with Gasteiger partial charge in [0.25, 0.3) is 5.91 Å². The molecule has 1 aromatic heterocycles. The Morgan fingerprint density at radius 3 is 2.52 bits per heavy atom. The van der Waals surface area contributed by atoms with Crippen molar-refractivity contribution < 1.29 is 19.0 Å². The zero-order valence-electron chi connectivity index (χ0n) is 15.0. The number of Topliss-reactive ketones (excluding diaryl/α,β-unsaturated/α-hetero) is 1. The first-order valence-corrected chi connectivity index (χ1v) is 8.10. The number of nitrogens with zero attached hydrogens (tertiary/aromatic N) is 6. The number of rotatable bonds is 3. The Labute approximate surface area is 145 Å². The van der Waals surface area contributed by atoms with Gasteiger partial charge >= 0.3 is 12.0 Å². The fraction of sp³-hybridized carbons (Fsp3) is 0.500. The van der Waals surface area contributed by atoms with E-state index in [2.05, 4.69) is 10.1 Å². The molecule has 3 rings (SSSR count). The van der Waals surface area contributed by atoms with Crippen LogP contribution in [-0.2, 0) is 9.59 Å². The van der Waals surface area contributed by atoms with Crippen LogP contribution in [0.5, 0.6) is 0 Å². The summed E-state index contributed by atoms with van der Waals surface area (Å²) in [7, 11) is 1.56. The van der Waals surface area contributed by atoms with E-state index in [1.165, 1.54) is 11.8 Å². The number of carbonyl (C=O) groups is 3. The van der Waals surface area contributed by atoms with E-state index in [9.17, 15) is 14.4 Å². The molecule has 3 heterocycles. The highest BCUT2D eigenvalue weighted by atomic mass is 16.2. The average Bonchev–Trinajstić information content (AvgIpc) is 3.08. The maximum Gasteiger partial charge on any atom is 0.421 e. The van der Waals surface area contributed by atoms with Gasteiger partial charge in [-0.1, -0.05) is 4.99 Å². The van der Waals surface area contributed by atoms with Crippen molar-refractivity contribution in [2.24, 2.45) is 4.99 Å². The third-order valence-electron chi connectivity index (χ3n) is 4.31. The van der Waals surface area contributed by atoms with Crippen molar-refractivity contribution in [2.75, 3.05) is 20.1 Å². The van der Waals surface area contributed by atoms with E-state index in [0.29, 0.717) is 18.3 Å². The molecule has 1 aromatic rings. The smallest absolute Gasteiger partial charge is 0.298 e. The van der Waals surface area contributed by atoms with Gasteiger partial charge in [-0.05, 0) is 33.8 Å². The minimum absolute atomic E-state index is 0.238. The molecule has 25 heavy (non-hydrogen) atoms. The second-order valence-corrected chi connectivity index (χ2v) is 6.27. The molecule has 1 atom stereocenters. The van der Waals surface area contributed by atoms with Crippen LogP contribution in [-0.4, -0.2) is 79.9 Å².